The maximum Gasteiger partial charge on any atom is 0.337 e. The second kappa shape index (κ2) is 4.82. The maximum atomic E-state index is 11.8. The molecule has 0 aliphatic heterocycles. The van der Waals surface area contributed by atoms with Gasteiger partial charge in [-0.3, -0.25) is 0 Å². The molecule has 0 saturated carbocycles. The van der Waals surface area contributed by atoms with Gasteiger partial charge in [0.1, 0.15) is 0 Å². The minimum atomic E-state index is -3.95. The average Bonchev–Trinajstić information content (AvgIpc) is 2.27. The van der Waals surface area contributed by atoms with Crippen molar-refractivity contribution in [2.45, 2.75) is 11.8 Å². The molecule has 0 aliphatic carbocycles. The highest BCUT2D eigenvalue weighted by Gasteiger charge is 2.26. The number of carboxylic acids is 1. The minimum absolute atomic E-state index is 0.0534. The van der Waals surface area contributed by atoms with E-state index in [0.717, 1.165) is 0 Å². The lowest BCUT2D eigenvalue weighted by molar-refractivity contribution is 0.0692. The van der Waals surface area contributed by atoms with E-state index in [4.69, 9.17) is 16.9 Å². The van der Waals surface area contributed by atoms with Gasteiger partial charge in [-0.1, -0.05) is 12.1 Å². The van der Waals surface area contributed by atoms with Crippen LogP contribution in [0.3, 0.4) is 0 Å². The summed E-state index contributed by atoms with van der Waals surface area (Å²) >= 11 is 5.52. The van der Waals surface area contributed by atoms with Gasteiger partial charge in [-0.25, -0.2) is 13.2 Å². The molecule has 0 atom stereocenters. The minimum Gasteiger partial charge on any atom is -0.478 e. The molecule has 0 fully saturated rings. The molecule has 7 heteroatoms. The zero-order valence-corrected chi connectivity index (χ0v) is 9.99. The Kier molecular flexibility index (Phi) is 3.90. The smallest absolute Gasteiger partial charge is 0.337 e. The van der Waals surface area contributed by atoms with E-state index >= 15 is 0 Å². The Bertz CT molecular complexity index is 500. The first-order valence-electron chi connectivity index (χ1n) is 4.42. The molecule has 0 aliphatic rings. The van der Waals surface area contributed by atoms with Gasteiger partial charge in [-0.15, -0.1) is 3.82 Å². The van der Waals surface area contributed by atoms with Crippen LogP contribution in [-0.4, -0.2) is 29.9 Å². The molecule has 0 saturated heterocycles. The van der Waals surface area contributed by atoms with E-state index in [1.807, 2.05) is 0 Å². The maximum absolute atomic E-state index is 11.8. The second-order valence-corrected chi connectivity index (χ2v) is 5.35. The van der Waals surface area contributed by atoms with Crippen molar-refractivity contribution in [3.8, 4) is 0 Å². The van der Waals surface area contributed by atoms with Crippen molar-refractivity contribution in [3.63, 3.8) is 0 Å². The number of carboxylic acid groups (broad SMARTS) is 1. The number of sulfonamides is 1. The van der Waals surface area contributed by atoms with Gasteiger partial charge in [-0.05, 0) is 30.8 Å². The number of halogens is 1. The van der Waals surface area contributed by atoms with Gasteiger partial charge in [0.25, 0.3) is 10.0 Å². The molecule has 0 unspecified atom stereocenters. The Morgan fingerprint density at radius 2 is 2.00 bits per heavy atom. The van der Waals surface area contributed by atoms with Crippen molar-refractivity contribution in [2.75, 3.05) is 6.54 Å². The van der Waals surface area contributed by atoms with Crippen molar-refractivity contribution < 1.29 is 18.3 Å². The summed E-state index contributed by atoms with van der Waals surface area (Å²) in [5.41, 5.74) is -0.290. The number of hydrogen-bond donors (Lipinski definition) is 1. The third-order valence-electron chi connectivity index (χ3n) is 1.90. The summed E-state index contributed by atoms with van der Waals surface area (Å²) in [6.07, 6.45) is 0. The Morgan fingerprint density at radius 1 is 1.44 bits per heavy atom. The molecule has 0 aromatic heterocycles. The quantitative estimate of drug-likeness (QED) is 0.837. The first-order valence-corrected chi connectivity index (χ1v) is 6.20. The fourth-order valence-electron chi connectivity index (χ4n) is 1.14. The fraction of sp³-hybridized carbons (Fsp3) is 0.222. The van der Waals surface area contributed by atoms with Crippen LogP contribution < -0.4 is 0 Å². The van der Waals surface area contributed by atoms with Gasteiger partial charge in [0.05, 0.1) is 10.5 Å². The van der Waals surface area contributed by atoms with Crippen LogP contribution in [0.5, 0.6) is 0 Å². The number of carbonyl (C=O) groups is 1. The highest BCUT2D eigenvalue weighted by atomic mass is 35.5. The molecule has 0 bridgehead atoms. The zero-order valence-electron chi connectivity index (χ0n) is 8.42. The molecule has 1 aromatic carbocycles. The summed E-state index contributed by atoms with van der Waals surface area (Å²) in [6, 6.07) is 5.33. The van der Waals surface area contributed by atoms with Crippen molar-refractivity contribution >= 4 is 27.8 Å². The van der Waals surface area contributed by atoms with Gasteiger partial charge in [0.15, 0.2) is 0 Å². The number of rotatable bonds is 4. The predicted octanol–water partition coefficient (Wildman–Crippen LogP) is 1.55. The van der Waals surface area contributed by atoms with Crippen molar-refractivity contribution in [1.29, 1.82) is 0 Å². The first kappa shape index (κ1) is 13.0. The Morgan fingerprint density at radius 3 is 2.50 bits per heavy atom. The molecular formula is C9H10ClNO4S. The first-order chi connectivity index (χ1) is 7.41. The zero-order chi connectivity index (χ0) is 12.3. The van der Waals surface area contributed by atoms with E-state index < -0.39 is 16.0 Å². The van der Waals surface area contributed by atoms with Gasteiger partial charge in [0, 0.05) is 6.54 Å². The lowest BCUT2D eigenvalue weighted by atomic mass is 10.2. The average molecular weight is 264 g/mol. The van der Waals surface area contributed by atoms with Crippen molar-refractivity contribution in [3.05, 3.63) is 29.8 Å². The molecular weight excluding hydrogens is 254 g/mol. The van der Waals surface area contributed by atoms with Gasteiger partial charge >= 0.3 is 5.97 Å². The van der Waals surface area contributed by atoms with Crippen LogP contribution in [0.25, 0.3) is 0 Å². The topological polar surface area (TPSA) is 74.7 Å². The number of benzene rings is 1. The molecule has 88 valence electrons. The predicted molar refractivity (Wildman–Crippen MR) is 58.8 cm³/mol. The van der Waals surface area contributed by atoms with Gasteiger partial charge < -0.3 is 5.11 Å². The van der Waals surface area contributed by atoms with E-state index in [1.54, 1.807) is 6.92 Å². The summed E-state index contributed by atoms with van der Waals surface area (Å²) in [5, 5.41) is 8.86. The van der Waals surface area contributed by atoms with Crippen LogP contribution in [-0.2, 0) is 10.0 Å². The Labute approximate surface area is 98.4 Å². The third kappa shape index (κ3) is 2.34. The molecule has 1 N–H and O–H groups in total. The molecule has 0 spiro atoms. The molecule has 0 heterocycles. The standard InChI is InChI=1S/C9H10ClNO4S/c1-2-11(10)16(14,15)8-6-4-3-5-7(8)9(12)13/h3-6H,2H2,1H3,(H,12,13). The second-order valence-electron chi connectivity index (χ2n) is 2.91. The fourth-order valence-corrected chi connectivity index (χ4v) is 2.61. The van der Waals surface area contributed by atoms with Crippen molar-refractivity contribution in [1.82, 2.24) is 3.82 Å². The van der Waals surface area contributed by atoms with Gasteiger partial charge in [0.2, 0.25) is 0 Å². The lowest BCUT2D eigenvalue weighted by Crippen LogP contribution is -2.23. The lowest BCUT2D eigenvalue weighted by Gasteiger charge is -2.13. The normalized spacial score (nSPS) is 11.7. The van der Waals surface area contributed by atoms with E-state index in [9.17, 15) is 13.2 Å². The molecule has 0 amide bonds. The van der Waals surface area contributed by atoms with E-state index in [2.05, 4.69) is 0 Å². The van der Waals surface area contributed by atoms with Crippen LogP contribution in [0.15, 0.2) is 29.2 Å². The molecule has 5 nitrogen and oxygen atoms in total. The van der Waals surface area contributed by atoms with Crippen LogP contribution in [0.2, 0.25) is 0 Å². The molecule has 16 heavy (non-hydrogen) atoms. The van der Waals surface area contributed by atoms with Crippen molar-refractivity contribution in [2.24, 2.45) is 0 Å². The number of aromatic carboxylic acids is 1. The highest BCUT2D eigenvalue weighted by molar-refractivity contribution is 7.90. The van der Waals surface area contributed by atoms with E-state index in [-0.39, 0.29) is 17.0 Å². The van der Waals surface area contributed by atoms with Crippen LogP contribution in [0, 0.1) is 0 Å². The van der Waals surface area contributed by atoms with Gasteiger partial charge in [-0.2, -0.15) is 0 Å². The number of hydrogen-bond acceptors (Lipinski definition) is 3. The summed E-state index contributed by atoms with van der Waals surface area (Å²) < 4.78 is 24.2. The summed E-state index contributed by atoms with van der Waals surface area (Å²) in [4.78, 5) is 10.5. The molecule has 1 aromatic rings. The van der Waals surface area contributed by atoms with Crippen LogP contribution in [0.4, 0.5) is 0 Å². The van der Waals surface area contributed by atoms with E-state index in [1.165, 1.54) is 24.3 Å². The largest absolute Gasteiger partial charge is 0.478 e. The van der Waals surface area contributed by atoms with E-state index in [0.29, 0.717) is 3.82 Å². The summed E-state index contributed by atoms with van der Waals surface area (Å²) in [5.74, 6) is -1.31. The van der Waals surface area contributed by atoms with Crippen LogP contribution in [0.1, 0.15) is 17.3 Å². The Hall–Kier alpha value is -1.11. The SMILES string of the molecule is CCN(Cl)S(=O)(=O)c1ccccc1C(=O)O. The van der Waals surface area contributed by atoms with Crippen LogP contribution >= 0.6 is 11.8 Å². The third-order valence-corrected chi connectivity index (χ3v) is 4.38. The number of nitrogens with zero attached hydrogens (tertiary/aromatic N) is 1. The highest BCUT2D eigenvalue weighted by Crippen LogP contribution is 2.21. The Balaban J connectivity index is 3.39. The summed E-state index contributed by atoms with van der Waals surface area (Å²) in [6.45, 7) is 1.60. The molecule has 1 rings (SSSR count). The summed E-state index contributed by atoms with van der Waals surface area (Å²) in [7, 11) is -3.95. The monoisotopic (exact) mass is 263 g/mol. The molecule has 0 radical (unpaired) electrons.